The van der Waals surface area contributed by atoms with Gasteiger partial charge >= 0.3 is 12.0 Å². The SMILES string of the molecule is CCC(C)C(=O)OCCNC(=O)n1nc(C)cc1C. The number of aryl methyl sites for hydroxylation is 2. The molecule has 1 rings (SSSR count). The number of ether oxygens (including phenoxy) is 1. The number of carbonyl (C=O) groups excluding carboxylic acids is 2. The number of hydrogen-bond acceptors (Lipinski definition) is 4. The van der Waals surface area contributed by atoms with Gasteiger partial charge in [-0.05, 0) is 26.3 Å². The molecule has 1 amide bonds. The van der Waals surface area contributed by atoms with Crippen LogP contribution in [0.2, 0.25) is 0 Å². The Balaban J connectivity index is 2.32. The Labute approximate surface area is 113 Å². The maximum absolute atomic E-state index is 11.8. The van der Waals surface area contributed by atoms with Crippen molar-refractivity contribution in [1.29, 1.82) is 0 Å². The van der Waals surface area contributed by atoms with Gasteiger partial charge in [0.1, 0.15) is 6.61 Å². The smallest absolute Gasteiger partial charge is 0.342 e. The predicted molar refractivity (Wildman–Crippen MR) is 70.9 cm³/mol. The fraction of sp³-hybridized carbons (Fsp3) is 0.615. The highest BCUT2D eigenvalue weighted by Gasteiger charge is 2.12. The average Bonchev–Trinajstić information content (AvgIpc) is 2.72. The lowest BCUT2D eigenvalue weighted by Gasteiger charge is -2.10. The number of hydrogen-bond donors (Lipinski definition) is 1. The molecule has 0 saturated carbocycles. The molecule has 1 aromatic rings. The summed E-state index contributed by atoms with van der Waals surface area (Å²) in [5.41, 5.74) is 1.56. The first-order valence-corrected chi connectivity index (χ1v) is 6.43. The van der Waals surface area contributed by atoms with E-state index in [1.807, 2.05) is 33.8 Å². The zero-order valence-corrected chi connectivity index (χ0v) is 11.9. The molecule has 1 heterocycles. The molecule has 0 aliphatic heterocycles. The van der Waals surface area contributed by atoms with Crippen molar-refractivity contribution in [2.75, 3.05) is 13.2 Å². The third kappa shape index (κ3) is 4.39. The maximum atomic E-state index is 11.8. The summed E-state index contributed by atoms with van der Waals surface area (Å²) in [6.45, 7) is 7.83. The van der Waals surface area contributed by atoms with Crippen molar-refractivity contribution in [3.8, 4) is 0 Å². The Hall–Kier alpha value is -1.85. The quantitative estimate of drug-likeness (QED) is 0.650. The zero-order valence-electron chi connectivity index (χ0n) is 11.9. The Morgan fingerprint density at radius 1 is 1.47 bits per heavy atom. The van der Waals surface area contributed by atoms with Gasteiger partial charge in [-0.25, -0.2) is 4.79 Å². The van der Waals surface area contributed by atoms with Crippen molar-refractivity contribution < 1.29 is 14.3 Å². The van der Waals surface area contributed by atoms with Crippen molar-refractivity contribution in [1.82, 2.24) is 15.1 Å². The van der Waals surface area contributed by atoms with E-state index in [1.54, 1.807) is 0 Å². The highest BCUT2D eigenvalue weighted by Crippen LogP contribution is 2.03. The fourth-order valence-electron chi connectivity index (χ4n) is 1.53. The molecular weight excluding hydrogens is 246 g/mol. The highest BCUT2D eigenvalue weighted by molar-refractivity contribution is 5.76. The highest BCUT2D eigenvalue weighted by atomic mass is 16.5. The van der Waals surface area contributed by atoms with Gasteiger partial charge in [0, 0.05) is 5.69 Å². The average molecular weight is 267 g/mol. The van der Waals surface area contributed by atoms with Gasteiger partial charge in [-0.15, -0.1) is 0 Å². The lowest BCUT2D eigenvalue weighted by Crippen LogP contribution is -2.33. The van der Waals surface area contributed by atoms with Crippen LogP contribution in [-0.4, -0.2) is 34.9 Å². The van der Waals surface area contributed by atoms with Crippen molar-refractivity contribution in [3.05, 3.63) is 17.5 Å². The third-order valence-electron chi connectivity index (χ3n) is 2.84. The van der Waals surface area contributed by atoms with Gasteiger partial charge in [0.25, 0.3) is 0 Å². The van der Waals surface area contributed by atoms with Crippen LogP contribution in [0.4, 0.5) is 4.79 Å². The Morgan fingerprint density at radius 2 is 2.16 bits per heavy atom. The second kappa shape index (κ2) is 6.92. The van der Waals surface area contributed by atoms with Crippen LogP contribution in [0.25, 0.3) is 0 Å². The van der Waals surface area contributed by atoms with Gasteiger partial charge in [-0.1, -0.05) is 13.8 Å². The molecule has 6 nitrogen and oxygen atoms in total. The molecule has 0 radical (unpaired) electrons. The van der Waals surface area contributed by atoms with Crippen LogP contribution in [0.15, 0.2) is 6.07 Å². The van der Waals surface area contributed by atoms with Crippen molar-refractivity contribution in [2.45, 2.75) is 34.1 Å². The van der Waals surface area contributed by atoms with E-state index in [2.05, 4.69) is 10.4 Å². The Morgan fingerprint density at radius 3 is 2.68 bits per heavy atom. The molecular formula is C13H21N3O3. The van der Waals surface area contributed by atoms with Crippen LogP contribution < -0.4 is 5.32 Å². The first-order valence-electron chi connectivity index (χ1n) is 6.43. The molecule has 0 aliphatic rings. The zero-order chi connectivity index (χ0) is 14.4. The summed E-state index contributed by atoms with van der Waals surface area (Å²) in [5, 5.41) is 6.71. The van der Waals surface area contributed by atoms with Gasteiger partial charge in [0.05, 0.1) is 18.2 Å². The number of amides is 1. The lowest BCUT2D eigenvalue weighted by atomic mass is 10.1. The van der Waals surface area contributed by atoms with Crippen LogP contribution >= 0.6 is 0 Å². The Kier molecular flexibility index (Phi) is 5.54. The van der Waals surface area contributed by atoms with Crippen LogP contribution in [0.5, 0.6) is 0 Å². The Bertz CT molecular complexity index is 454. The normalized spacial score (nSPS) is 12.0. The van der Waals surface area contributed by atoms with E-state index in [-0.39, 0.29) is 31.1 Å². The van der Waals surface area contributed by atoms with Gasteiger partial charge < -0.3 is 10.1 Å². The topological polar surface area (TPSA) is 73.2 Å². The van der Waals surface area contributed by atoms with E-state index in [9.17, 15) is 9.59 Å². The van der Waals surface area contributed by atoms with Crippen LogP contribution in [0.1, 0.15) is 31.7 Å². The molecule has 0 fully saturated rings. The van der Waals surface area contributed by atoms with E-state index in [0.29, 0.717) is 0 Å². The van der Waals surface area contributed by atoms with Gasteiger partial charge in [-0.3, -0.25) is 4.79 Å². The van der Waals surface area contributed by atoms with E-state index >= 15 is 0 Å². The minimum atomic E-state index is -0.315. The monoisotopic (exact) mass is 267 g/mol. The second-order valence-electron chi connectivity index (χ2n) is 4.55. The second-order valence-corrected chi connectivity index (χ2v) is 4.55. The summed E-state index contributed by atoms with van der Waals surface area (Å²) in [6, 6.07) is 1.51. The molecule has 6 heteroatoms. The van der Waals surface area contributed by atoms with Crippen LogP contribution in [0.3, 0.4) is 0 Å². The minimum Gasteiger partial charge on any atom is -0.464 e. The molecule has 0 aromatic carbocycles. The van der Waals surface area contributed by atoms with E-state index in [4.69, 9.17) is 4.74 Å². The van der Waals surface area contributed by atoms with Crippen molar-refractivity contribution in [2.24, 2.45) is 5.92 Å². The number of aromatic nitrogens is 2. The summed E-state index contributed by atoms with van der Waals surface area (Å²) in [7, 11) is 0. The van der Waals surface area contributed by atoms with Gasteiger partial charge in [-0.2, -0.15) is 9.78 Å². The summed E-state index contributed by atoms with van der Waals surface area (Å²) in [4.78, 5) is 23.2. The predicted octanol–water partition coefficient (Wildman–Crippen LogP) is 1.65. The number of esters is 1. The largest absolute Gasteiger partial charge is 0.464 e. The summed E-state index contributed by atoms with van der Waals surface area (Å²) >= 11 is 0. The summed E-state index contributed by atoms with van der Waals surface area (Å²) in [5.74, 6) is -0.338. The molecule has 0 aliphatic carbocycles. The van der Waals surface area contributed by atoms with Gasteiger partial charge in [0.2, 0.25) is 0 Å². The molecule has 0 saturated heterocycles. The van der Waals surface area contributed by atoms with E-state index in [0.717, 1.165) is 17.8 Å². The molecule has 106 valence electrons. The number of rotatable bonds is 5. The van der Waals surface area contributed by atoms with Crippen LogP contribution in [0, 0.1) is 19.8 Å². The van der Waals surface area contributed by atoms with Crippen molar-refractivity contribution >= 4 is 12.0 Å². The molecule has 19 heavy (non-hydrogen) atoms. The van der Waals surface area contributed by atoms with E-state index in [1.165, 1.54) is 4.68 Å². The summed E-state index contributed by atoms with van der Waals surface area (Å²) < 4.78 is 6.33. The minimum absolute atomic E-state index is 0.105. The third-order valence-corrected chi connectivity index (χ3v) is 2.84. The molecule has 0 bridgehead atoms. The van der Waals surface area contributed by atoms with Crippen molar-refractivity contribution in [3.63, 3.8) is 0 Å². The summed E-state index contributed by atoms with van der Waals surface area (Å²) in [6.07, 6.45) is 0.747. The standard InChI is InChI=1S/C13H21N3O3/c1-5-9(2)12(17)19-7-6-14-13(18)16-11(4)8-10(3)15-16/h8-9H,5-7H2,1-4H3,(H,14,18). The van der Waals surface area contributed by atoms with E-state index < -0.39 is 0 Å². The number of nitrogens with zero attached hydrogens (tertiary/aromatic N) is 2. The van der Waals surface area contributed by atoms with Crippen LogP contribution in [-0.2, 0) is 9.53 Å². The van der Waals surface area contributed by atoms with Gasteiger partial charge in [0.15, 0.2) is 0 Å². The first kappa shape index (κ1) is 15.2. The number of nitrogens with one attached hydrogen (secondary N) is 1. The maximum Gasteiger partial charge on any atom is 0.342 e. The molecule has 1 aromatic heterocycles. The molecule has 1 atom stereocenters. The lowest BCUT2D eigenvalue weighted by molar-refractivity contribution is -0.147. The molecule has 0 spiro atoms. The fourth-order valence-corrected chi connectivity index (χ4v) is 1.53. The molecule has 1 N–H and O–H groups in total. The first-order chi connectivity index (χ1) is 8.95. The number of carbonyl (C=O) groups is 2. The molecule has 1 unspecified atom stereocenters.